The van der Waals surface area contributed by atoms with Crippen molar-refractivity contribution >= 4 is 17.8 Å². The highest BCUT2D eigenvalue weighted by atomic mass is 19.3. The lowest BCUT2D eigenvalue weighted by Gasteiger charge is -2.21. The van der Waals surface area contributed by atoms with Crippen LogP contribution in [0.2, 0.25) is 0 Å². The molecule has 1 aliphatic heterocycles. The number of halogens is 2. The van der Waals surface area contributed by atoms with Crippen LogP contribution in [0, 0.1) is 0 Å². The van der Waals surface area contributed by atoms with Crippen molar-refractivity contribution in [1.29, 1.82) is 0 Å². The maximum atomic E-state index is 13.8. The first kappa shape index (κ1) is 21.0. The van der Waals surface area contributed by atoms with Crippen molar-refractivity contribution in [3.05, 3.63) is 59.7 Å². The van der Waals surface area contributed by atoms with Crippen LogP contribution in [0.3, 0.4) is 0 Å². The molecule has 1 aliphatic carbocycles. The van der Waals surface area contributed by atoms with Gasteiger partial charge in [0.15, 0.2) is 0 Å². The first-order valence-corrected chi connectivity index (χ1v) is 9.89. The molecule has 8 heteroatoms. The highest BCUT2D eigenvalue weighted by Crippen LogP contribution is 2.44. The van der Waals surface area contributed by atoms with Crippen molar-refractivity contribution in [3.8, 4) is 11.1 Å². The van der Waals surface area contributed by atoms with E-state index in [9.17, 15) is 23.2 Å². The summed E-state index contributed by atoms with van der Waals surface area (Å²) in [7, 11) is 1.06. The highest BCUT2D eigenvalue weighted by molar-refractivity contribution is 5.96. The second-order valence-electron chi connectivity index (χ2n) is 7.71. The Hall–Kier alpha value is -3.29. The molecule has 2 aromatic rings. The van der Waals surface area contributed by atoms with E-state index in [2.05, 4.69) is 4.74 Å². The number of benzene rings is 2. The lowest BCUT2D eigenvalue weighted by atomic mass is 9.98. The SMILES string of the molecule is COC(=O)[C@H]1CC(F)(F)CN1C(=O)CC(=O)OCC1c2ccccc2-c2ccccc21. The molecule has 4 rings (SSSR count). The molecule has 6 nitrogen and oxygen atoms in total. The number of carbonyl (C=O) groups excluding carboxylic acids is 3. The normalized spacial score (nSPS) is 18.9. The quantitative estimate of drug-likeness (QED) is 0.539. The molecule has 1 fully saturated rings. The molecule has 0 spiro atoms. The molecular formula is C23H21F2NO5. The predicted octanol–water partition coefficient (Wildman–Crippen LogP) is 3.14. The average Bonchev–Trinajstić information content (AvgIpc) is 3.26. The third-order valence-corrected chi connectivity index (χ3v) is 5.73. The maximum absolute atomic E-state index is 13.8. The lowest BCUT2D eigenvalue weighted by Crippen LogP contribution is -2.42. The van der Waals surface area contributed by atoms with E-state index in [1.807, 2.05) is 48.5 Å². The van der Waals surface area contributed by atoms with Crippen LogP contribution in [0.4, 0.5) is 8.78 Å². The van der Waals surface area contributed by atoms with Crippen molar-refractivity contribution in [3.63, 3.8) is 0 Å². The van der Waals surface area contributed by atoms with E-state index in [-0.39, 0.29) is 12.5 Å². The highest BCUT2D eigenvalue weighted by Gasteiger charge is 2.50. The molecule has 0 saturated carbocycles. The maximum Gasteiger partial charge on any atom is 0.328 e. The van der Waals surface area contributed by atoms with Gasteiger partial charge in [-0.15, -0.1) is 0 Å². The zero-order valence-electron chi connectivity index (χ0n) is 16.8. The summed E-state index contributed by atoms with van der Waals surface area (Å²) in [6.07, 6.45) is -1.55. The first-order chi connectivity index (χ1) is 14.8. The zero-order valence-corrected chi connectivity index (χ0v) is 16.8. The average molecular weight is 429 g/mol. The Morgan fingerprint density at radius 2 is 1.61 bits per heavy atom. The first-order valence-electron chi connectivity index (χ1n) is 9.89. The molecule has 31 heavy (non-hydrogen) atoms. The third kappa shape index (κ3) is 4.02. The van der Waals surface area contributed by atoms with Crippen LogP contribution in [0.15, 0.2) is 48.5 Å². The topological polar surface area (TPSA) is 72.9 Å². The van der Waals surface area contributed by atoms with Crippen LogP contribution in [0.1, 0.15) is 29.9 Å². The minimum Gasteiger partial charge on any atom is -0.467 e. The van der Waals surface area contributed by atoms with E-state index in [0.717, 1.165) is 29.4 Å². The molecule has 2 aliphatic rings. The van der Waals surface area contributed by atoms with E-state index in [1.54, 1.807) is 0 Å². The van der Waals surface area contributed by atoms with E-state index >= 15 is 0 Å². The molecule has 0 N–H and O–H groups in total. The summed E-state index contributed by atoms with van der Waals surface area (Å²) in [4.78, 5) is 37.2. The molecule has 162 valence electrons. The Morgan fingerprint density at radius 1 is 1.03 bits per heavy atom. The van der Waals surface area contributed by atoms with E-state index in [1.165, 1.54) is 0 Å². The van der Waals surface area contributed by atoms with E-state index in [0.29, 0.717) is 4.90 Å². The van der Waals surface area contributed by atoms with Crippen LogP contribution >= 0.6 is 0 Å². The minimum atomic E-state index is -3.21. The van der Waals surface area contributed by atoms with Gasteiger partial charge in [0.25, 0.3) is 5.92 Å². The number of ether oxygens (including phenoxy) is 2. The number of hydrogen-bond donors (Lipinski definition) is 0. The molecule has 0 bridgehead atoms. The molecule has 1 heterocycles. The van der Waals surface area contributed by atoms with E-state index < -0.39 is 49.2 Å². The van der Waals surface area contributed by atoms with Gasteiger partial charge in [-0.25, -0.2) is 13.6 Å². The summed E-state index contributed by atoms with van der Waals surface area (Å²) in [5.74, 6) is -6.03. The summed E-state index contributed by atoms with van der Waals surface area (Å²) in [6.45, 7) is -0.904. The van der Waals surface area contributed by atoms with Crippen molar-refractivity contribution in [1.82, 2.24) is 4.90 Å². The molecule has 1 atom stereocenters. The van der Waals surface area contributed by atoms with Gasteiger partial charge in [-0.3, -0.25) is 9.59 Å². The summed E-state index contributed by atoms with van der Waals surface area (Å²) < 4.78 is 37.4. The molecule has 1 saturated heterocycles. The van der Waals surface area contributed by atoms with Crippen LogP contribution < -0.4 is 0 Å². The number of esters is 2. The molecular weight excluding hydrogens is 408 g/mol. The number of hydrogen-bond acceptors (Lipinski definition) is 5. The molecule has 0 unspecified atom stereocenters. The number of carbonyl (C=O) groups is 3. The summed E-state index contributed by atoms with van der Waals surface area (Å²) in [5, 5.41) is 0. The van der Waals surface area contributed by atoms with Gasteiger partial charge < -0.3 is 14.4 Å². The summed E-state index contributed by atoms with van der Waals surface area (Å²) in [6, 6.07) is 14.2. The molecule has 2 aromatic carbocycles. The Bertz CT molecular complexity index is 993. The van der Waals surface area contributed by atoms with Gasteiger partial charge in [-0.2, -0.15) is 0 Å². The van der Waals surface area contributed by atoms with Crippen LogP contribution in [0.5, 0.6) is 0 Å². The van der Waals surface area contributed by atoms with Gasteiger partial charge in [0.05, 0.1) is 13.7 Å². The van der Waals surface area contributed by atoms with Crippen LogP contribution in [-0.4, -0.2) is 55.0 Å². The van der Waals surface area contributed by atoms with Gasteiger partial charge >= 0.3 is 11.9 Å². The summed E-state index contributed by atoms with van der Waals surface area (Å²) in [5.41, 5.74) is 4.17. The molecule has 0 aromatic heterocycles. The van der Waals surface area contributed by atoms with E-state index in [4.69, 9.17) is 4.74 Å². The van der Waals surface area contributed by atoms with Gasteiger partial charge in [0, 0.05) is 12.3 Å². The van der Waals surface area contributed by atoms with Crippen LogP contribution in [0.25, 0.3) is 11.1 Å². The Kier molecular flexibility index (Phi) is 5.47. The number of likely N-dealkylation sites (tertiary alicyclic amines) is 1. The second-order valence-corrected chi connectivity index (χ2v) is 7.71. The Morgan fingerprint density at radius 3 is 2.19 bits per heavy atom. The standard InChI is InChI=1S/C23H21F2NO5/c1-30-22(29)19-11-23(24,25)13-26(19)20(27)10-21(28)31-12-18-16-8-4-2-6-14(16)15-7-3-5-9-17(15)18/h2-9,18-19H,10-13H2,1H3/t19-/m1/s1. The Balaban J connectivity index is 1.42. The van der Waals surface area contributed by atoms with Crippen LogP contribution in [-0.2, 0) is 23.9 Å². The van der Waals surface area contributed by atoms with Gasteiger partial charge in [-0.1, -0.05) is 48.5 Å². The van der Waals surface area contributed by atoms with Gasteiger partial charge in [0.1, 0.15) is 19.1 Å². The Labute approximate surface area is 177 Å². The number of nitrogens with zero attached hydrogens (tertiary/aromatic N) is 1. The van der Waals surface area contributed by atoms with Gasteiger partial charge in [-0.05, 0) is 22.3 Å². The lowest BCUT2D eigenvalue weighted by molar-refractivity contribution is -0.155. The van der Waals surface area contributed by atoms with Crippen molar-refractivity contribution in [2.75, 3.05) is 20.3 Å². The largest absolute Gasteiger partial charge is 0.467 e. The van der Waals surface area contributed by atoms with Crippen molar-refractivity contribution in [2.45, 2.75) is 30.7 Å². The molecule has 1 amide bonds. The fourth-order valence-corrected chi connectivity index (χ4v) is 4.32. The number of fused-ring (bicyclic) bond motifs is 3. The summed E-state index contributed by atoms with van der Waals surface area (Å²) >= 11 is 0. The predicted molar refractivity (Wildman–Crippen MR) is 106 cm³/mol. The van der Waals surface area contributed by atoms with Gasteiger partial charge in [0.2, 0.25) is 5.91 Å². The van der Waals surface area contributed by atoms with Crippen molar-refractivity contribution in [2.24, 2.45) is 0 Å². The zero-order chi connectivity index (χ0) is 22.2. The smallest absolute Gasteiger partial charge is 0.328 e. The monoisotopic (exact) mass is 429 g/mol. The minimum absolute atomic E-state index is 0.0245. The fourth-order valence-electron chi connectivity index (χ4n) is 4.32. The number of amides is 1. The number of rotatable bonds is 5. The fraction of sp³-hybridized carbons (Fsp3) is 0.348. The number of alkyl halides is 2. The second kappa shape index (κ2) is 8.09. The molecule has 0 radical (unpaired) electrons. The third-order valence-electron chi connectivity index (χ3n) is 5.73. The number of methoxy groups -OCH3 is 1. The van der Waals surface area contributed by atoms with Crippen molar-refractivity contribution < 1.29 is 32.6 Å².